The number of benzene rings is 1. The highest BCUT2D eigenvalue weighted by Gasteiger charge is 2.13. The Hall–Kier alpha value is -1.39. The molecule has 3 rings (SSSR count). The Morgan fingerprint density at radius 2 is 2.42 bits per heavy atom. The first-order valence-corrected chi connectivity index (χ1v) is 7.70. The van der Waals surface area contributed by atoms with Crippen LogP contribution in [0.25, 0.3) is 0 Å². The Morgan fingerprint density at radius 1 is 1.47 bits per heavy atom. The maximum absolute atomic E-state index is 4.36. The van der Waals surface area contributed by atoms with Gasteiger partial charge in [-0.2, -0.15) is 0 Å². The third-order valence-electron chi connectivity index (χ3n) is 3.61. The van der Waals surface area contributed by atoms with Crippen LogP contribution < -0.4 is 10.6 Å². The summed E-state index contributed by atoms with van der Waals surface area (Å²) in [5.74, 6) is 0. The van der Waals surface area contributed by atoms with Crippen molar-refractivity contribution in [3.8, 4) is 0 Å². The van der Waals surface area contributed by atoms with Crippen molar-refractivity contribution in [2.75, 3.05) is 11.9 Å². The maximum Gasteiger partial charge on any atom is 0.109 e. The molecule has 1 unspecified atom stereocenters. The minimum absolute atomic E-state index is 0.312. The van der Waals surface area contributed by atoms with Crippen LogP contribution in [0.2, 0.25) is 0 Å². The lowest BCUT2D eigenvalue weighted by atomic mass is 9.97. The molecule has 1 aromatic carbocycles. The van der Waals surface area contributed by atoms with Gasteiger partial charge in [0.25, 0.3) is 0 Å². The van der Waals surface area contributed by atoms with E-state index in [1.54, 1.807) is 11.3 Å². The summed E-state index contributed by atoms with van der Waals surface area (Å²) in [4.78, 5) is 4.36. The monoisotopic (exact) mass is 273 g/mol. The van der Waals surface area contributed by atoms with Crippen molar-refractivity contribution in [1.82, 2.24) is 10.3 Å². The molecular formula is C15H19N3S. The number of hydrogen-bond acceptors (Lipinski definition) is 4. The molecule has 4 heteroatoms. The minimum Gasteiger partial charge on any atom is -0.385 e. The highest BCUT2D eigenvalue weighted by atomic mass is 32.1. The summed E-state index contributed by atoms with van der Waals surface area (Å²) in [6.07, 6.45) is 4.28. The Labute approximate surface area is 118 Å². The first-order chi connectivity index (χ1) is 9.34. The summed E-state index contributed by atoms with van der Waals surface area (Å²) in [5.41, 5.74) is 4.20. The average Bonchev–Trinajstić information content (AvgIpc) is 2.99. The third-order valence-corrected chi connectivity index (χ3v) is 4.57. The molecule has 2 heterocycles. The van der Waals surface area contributed by atoms with Crippen molar-refractivity contribution in [2.45, 2.75) is 32.4 Å². The number of nitrogens with zero attached hydrogens (tertiary/aromatic N) is 1. The van der Waals surface area contributed by atoms with Crippen LogP contribution in [0.5, 0.6) is 0 Å². The quantitative estimate of drug-likeness (QED) is 0.897. The van der Waals surface area contributed by atoms with E-state index in [0.717, 1.165) is 18.1 Å². The van der Waals surface area contributed by atoms with E-state index >= 15 is 0 Å². The molecule has 1 atom stereocenters. The standard InChI is InChI=1S/C15H19N3S/c1-11(15-17-8-9-19-15)18-10-12-4-2-6-14-13(12)5-3-7-16-14/h2,4,6,8-9,11,16,18H,3,5,7,10H2,1H3. The fraction of sp³-hybridized carbons (Fsp3) is 0.400. The molecule has 1 aromatic heterocycles. The van der Waals surface area contributed by atoms with Gasteiger partial charge in [-0.15, -0.1) is 11.3 Å². The number of nitrogens with one attached hydrogen (secondary N) is 2. The highest BCUT2D eigenvalue weighted by Crippen LogP contribution is 2.25. The van der Waals surface area contributed by atoms with Gasteiger partial charge in [0.05, 0.1) is 6.04 Å². The molecule has 2 aromatic rings. The Balaban J connectivity index is 1.70. The van der Waals surface area contributed by atoms with Gasteiger partial charge in [0.1, 0.15) is 5.01 Å². The van der Waals surface area contributed by atoms with Crippen LogP contribution >= 0.6 is 11.3 Å². The summed E-state index contributed by atoms with van der Waals surface area (Å²) in [6.45, 7) is 4.18. The van der Waals surface area contributed by atoms with E-state index in [2.05, 4.69) is 40.7 Å². The minimum atomic E-state index is 0.312. The van der Waals surface area contributed by atoms with E-state index in [1.165, 1.54) is 29.7 Å². The van der Waals surface area contributed by atoms with E-state index < -0.39 is 0 Å². The molecule has 0 bridgehead atoms. The molecule has 100 valence electrons. The zero-order valence-electron chi connectivity index (χ0n) is 11.1. The largest absolute Gasteiger partial charge is 0.385 e. The van der Waals surface area contributed by atoms with Crippen LogP contribution in [-0.2, 0) is 13.0 Å². The third kappa shape index (κ3) is 2.80. The van der Waals surface area contributed by atoms with Gasteiger partial charge in [0.2, 0.25) is 0 Å². The lowest BCUT2D eigenvalue weighted by molar-refractivity contribution is 0.568. The van der Waals surface area contributed by atoms with E-state index in [9.17, 15) is 0 Å². The lowest BCUT2D eigenvalue weighted by Gasteiger charge is -2.22. The van der Waals surface area contributed by atoms with Crippen molar-refractivity contribution in [3.63, 3.8) is 0 Å². The first kappa shape index (κ1) is 12.6. The molecule has 3 nitrogen and oxygen atoms in total. The maximum atomic E-state index is 4.36. The van der Waals surface area contributed by atoms with Gasteiger partial charge in [-0.05, 0) is 37.0 Å². The van der Waals surface area contributed by atoms with Crippen molar-refractivity contribution in [2.24, 2.45) is 0 Å². The highest BCUT2D eigenvalue weighted by molar-refractivity contribution is 7.09. The van der Waals surface area contributed by atoms with Crippen LogP contribution in [0.15, 0.2) is 29.8 Å². The second-order valence-corrected chi connectivity index (χ2v) is 5.87. The van der Waals surface area contributed by atoms with E-state index in [1.807, 2.05) is 11.6 Å². The van der Waals surface area contributed by atoms with Crippen molar-refractivity contribution < 1.29 is 0 Å². The lowest BCUT2D eigenvalue weighted by Crippen LogP contribution is -2.20. The number of anilines is 1. The molecule has 0 spiro atoms. The molecular weight excluding hydrogens is 254 g/mol. The van der Waals surface area contributed by atoms with E-state index in [4.69, 9.17) is 0 Å². The van der Waals surface area contributed by atoms with Gasteiger partial charge in [0.15, 0.2) is 0 Å². The number of aromatic nitrogens is 1. The number of rotatable bonds is 4. The molecule has 2 N–H and O–H groups in total. The van der Waals surface area contributed by atoms with E-state index in [0.29, 0.717) is 6.04 Å². The Bertz CT molecular complexity index is 536. The van der Waals surface area contributed by atoms with Gasteiger partial charge in [0, 0.05) is 30.4 Å². The normalized spacial score (nSPS) is 15.6. The van der Waals surface area contributed by atoms with E-state index in [-0.39, 0.29) is 0 Å². The van der Waals surface area contributed by atoms with Crippen molar-refractivity contribution >= 4 is 17.0 Å². The Morgan fingerprint density at radius 3 is 3.26 bits per heavy atom. The van der Waals surface area contributed by atoms with Gasteiger partial charge in [-0.1, -0.05) is 12.1 Å². The molecule has 0 saturated carbocycles. The van der Waals surface area contributed by atoms with Gasteiger partial charge < -0.3 is 10.6 Å². The van der Waals surface area contributed by atoms with Crippen molar-refractivity contribution in [3.05, 3.63) is 45.9 Å². The average molecular weight is 273 g/mol. The zero-order valence-corrected chi connectivity index (χ0v) is 12.0. The summed E-state index contributed by atoms with van der Waals surface area (Å²) in [6, 6.07) is 6.87. The molecule has 19 heavy (non-hydrogen) atoms. The summed E-state index contributed by atoms with van der Waals surface area (Å²) < 4.78 is 0. The second kappa shape index (κ2) is 5.72. The van der Waals surface area contributed by atoms with Crippen molar-refractivity contribution in [1.29, 1.82) is 0 Å². The molecule has 1 aliphatic rings. The predicted octanol–water partition coefficient (Wildman–Crippen LogP) is 3.35. The molecule has 0 fully saturated rings. The first-order valence-electron chi connectivity index (χ1n) is 6.82. The number of thiazole rings is 1. The van der Waals surface area contributed by atoms with Gasteiger partial charge in [-0.25, -0.2) is 4.98 Å². The summed E-state index contributed by atoms with van der Waals surface area (Å²) >= 11 is 1.71. The fourth-order valence-corrected chi connectivity index (χ4v) is 3.22. The molecule has 0 amide bonds. The summed E-state index contributed by atoms with van der Waals surface area (Å²) in [7, 11) is 0. The fourth-order valence-electron chi connectivity index (χ4n) is 2.55. The second-order valence-electron chi connectivity index (χ2n) is 4.95. The van der Waals surface area contributed by atoms with Crippen LogP contribution in [0.3, 0.4) is 0 Å². The van der Waals surface area contributed by atoms with Crippen LogP contribution in [0, 0.1) is 0 Å². The number of hydrogen-bond donors (Lipinski definition) is 2. The Kier molecular flexibility index (Phi) is 3.80. The number of fused-ring (bicyclic) bond motifs is 1. The summed E-state index contributed by atoms with van der Waals surface area (Å²) in [5, 5.41) is 10.2. The molecule has 0 saturated heterocycles. The van der Waals surface area contributed by atoms with Crippen LogP contribution in [0.1, 0.15) is 35.5 Å². The van der Waals surface area contributed by atoms with Gasteiger partial charge >= 0.3 is 0 Å². The van der Waals surface area contributed by atoms with Gasteiger partial charge in [-0.3, -0.25) is 0 Å². The predicted molar refractivity (Wildman–Crippen MR) is 80.6 cm³/mol. The molecule has 0 aliphatic carbocycles. The molecule has 0 radical (unpaired) electrons. The zero-order chi connectivity index (χ0) is 13.1. The topological polar surface area (TPSA) is 37.0 Å². The smallest absolute Gasteiger partial charge is 0.109 e. The van der Waals surface area contributed by atoms with Crippen LogP contribution in [0.4, 0.5) is 5.69 Å². The molecule has 1 aliphatic heterocycles. The van der Waals surface area contributed by atoms with Crippen LogP contribution in [-0.4, -0.2) is 11.5 Å². The SMILES string of the molecule is CC(NCc1cccc2c1CCCN2)c1nccs1.